The van der Waals surface area contributed by atoms with Gasteiger partial charge in [-0.25, -0.2) is 4.79 Å². The third kappa shape index (κ3) is 11.1. The van der Waals surface area contributed by atoms with Crippen LogP contribution in [-0.4, -0.2) is 46.4 Å². The van der Waals surface area contributed by atoms with Crippen LogP contribution in [0.5, 0.6) is 0 Å². The highest BCUT2D eigenvalue weighted by atomic mass is 16.4. The Hall–Kier alpha value is -3.72. The van der Waals surface area contributed by atoms with Gasteiger partial charge in [-0.2, -0.15) is 0 Å². The van der Waals surface area contributed by atoms with E-state index in [9.17, 15) is 19.5 Å². The number of aliphatic hydroxyl groups excluding tert-OH is 1. The molecule has 0 aromatic heterocycles. The second-order valence-corrected chi connectivity index (χ2v) is 9.71. The largest absolute Gasteiger partial charge is 0.465 e. The summed E-state index contributed by atoms with van der Waals surface area (Å²) in [4.78, 5) is 47.5. The molecule has 0 aromatic carbocycles. The number of carbonyl (C=O) groups is 4. The third-order valence-corrected chi connectivity index (χ3v) is 6.22. The van der Waals surface area contributed by atoms with Crippen molar-refractivity contribution in [2.45, 2.75) is 65.9 Å². The minimum atomic E-state index is -1.33. The van der Waals surface area contributed by atoms with Gasteiger partial charge in [0.2, 0.25) is 11.6 Å². The van der Waals surface area contributed by atoms with Crippen LogP contribution < -0.4 is 16.4 Å². The van der Waals surface area contributed by atoms with E-state index in [2.05, 4.69) is 35.9 Å². The maximum Gasteiger partial charge on any atom is 0.402 e. The molecule has 38 heavy (non-hydrogen) atoms. The van der Waals surface area contributed by atoms with Crippen LogP contribution in [0.15, 0.2) is 71.1 Å². The molecule has 1 aliphatic carbocycles. The number of primary amides is 1. The molecule has 9 nitrogen and oxygen atoms in total. The van der Waals surface area contributed by atoms with E-state index >= 15 is 0 Å². The molecule has 2 aliphatic rings. The molecule has 1 aliphatic heterocycles. The third-order valence-electron chi connectivity index (χ3n) is 6.22. The van der Waals surface area contributed by atoms with Crippen molar-refractivity contribution in [1.29, 1.82) is 0 Å². The van der Waals surface area contributed by atoms with Crippen molar-refractivity contribution in [3.8, 4) is 0 Å². The Labute approximate surface area is 224 Å². The number of ketones is 2. The van der Waals surface area contributed by atoms with E-state index in [1.165, 1.54) is 11.6 Å². The van der Waals surface area contributed by atoms with E-state index in [1.54, 1.807) is 19.1 Å². The van der Waals surface area contributed by atoms with Crippen LogP contribution in [0.3, 0.4) is 0 Å². The molecule has 3 unspecified atom stereocenters. The van der Waals surface area contributed by atoms with E-state index < -0.39 is 18.1 Å². The Kier molecular flexibility index (Phi) is 13.8. The Morgan fingerprint density at radius 1 is 1.24 bits per heavy atom. The number of nitrogens with two attached hydrogens (primary N) is 1. The molecule has 3 atom stereocenters. The highest BCUT2D eigenvalue weighted by Gasteiger charge is 2.30. The fraction of sp³-hybridized carbons (Fsp3) is 0.448. The highest BCUT2D eigenvalue weighted by Crippen LogP contribution is 2.27. The topological polar surface area (TPSA) is 159 Å². The van der Waals surface area contributed by atoms with Crippen LogP contribution in [0.1, 0.15) is 59.8 Å². The molecule has 208 valence electrons. The normalized spacial score (nSPS) is 27.3. The molecule has 0 fully saturated rings. The number of carboxylic acid groups (broad SMARTS) is 1. The fourth-order valence-electron chi connectivity index (χ4n) is 4.08. The van der Waals surface area contributed by atoms with Gasteiger partial charge in [-0.05, 0) is 51.9 Å². The molecule has 2 rings (SSSR count). The van der Waals surface area contributed by atoms with Crippen molar-refractivity contribution in [2.24, 2.45) is 17.6 Å². The maximum atomic E-state index is 13.3. The summed E-state index contributed by atoms with van der Waals surface area (Å²) in [6, 6.07) is 0. The summed E-state index contributed by atoms with van der Waals surface area (Å²) in [6.45, 7) is 11.8. The predicted molar refractivity (Wildman–Crippen MR) is 148 cm³/mol. The molecule has 0 saturated heterocycles. The second-order valence-electron chi connectivity index (χ2n) is 9.71. The number of amides is 2. The summed E-state index contributed by atoms with van der Waals surface area (Å²) in [7, 11) is 0. The Morgan fingerprint density at radius 2 is 1.89 bits per heavy atom. The van der Waals surface area contributed by atoms with E-state index in [4.69, 9.17) is 9.90 Å². The average Bonchev–Trinajstić information content (AvgIpc) is 2.83. The van der Waals surface area contributed by atoms with Crippen molar-refractivity contribution in [3.05, 3.63) is 71.1 Å². The first-order chi connectivity index (χ1) is 17.9. The summed E-state index contributed by atoms with van der Waals surface area (Å²) >= 11 is 0. The van der Waals surface area contributed by atoms with E-state index in [-0.39, 0.29) is 34.8 Å². The van der Waals surface area contributed by atoms with Gasteiger partial charge in [-0.1, -0.05) is 49.8 Å². The van der Waals surface area contributed by atoms with Crippen LogP contribution in [0, 0.1) is 11.8 Å². The number of hydrogen-bond acceptors (Lipinski definition) is 6. The maximum absolute atomic E-state index is 13.3. The van der Waals surface area contributed by atoms with Crippen LogP contribution in [-0.2, 0) is 14.4 Å². The minimum absolute atomic E-state index is 0.00974. The quantitative estimate of drug-likeness (QED) is 0.275. The lowest BCUT2D eigenvalue weighted by Gasteiger charge is -2.23. The molecule has 0 aromatic rings. The number of allylic oxidation sites excluding steroid dienone is 6. The Bertz CT molecular complexity index is 1060. The second kappa shape index (κ2) is 16.2. The summed E-state index contributed by atoms with van der Waals surface area (Å²) in [5, 5.41) is 23.5. The van der Waals surface area contributed by atoms with Crippen molar-refractivity contribution in [1.82, 2.24) is 10.6 Å². The standard InChI is InChI=1S/C28H38N2O4.CH3NO2/c1-6-14-29-26-22-16-19(3)12-13-24(31)21(5)15-18(2)10-8-7-9-11-20(4)28(34)30-23(27(22)33)17-25(26)32;2-1(3)4/h6-7,9,11,15,17,19,21,24,29,31H,1,8,10,12-14,16H2,2-5H3,(H,30,34);2H2,(H,3,4)/b9-7-,18-15+,20-11+;. The molecule has 1 heterocycles. The Morgan fingerprint density at radius 3 is 2.53 bits per heavy atom. The van der Waals surface area contributed by atoms with E-state index in [0.29, 0.717) is 37.0 Å². The summed E-state index contributed by atoms with van der Waals surface area (Å²) < 4.78 is 0. The number of nitrogens with one attached hydrogen (secondary N) is 2. The van der Waals surface area contributed by atoms with Gasteiger partial charge in [0, 0.05) is 29.7 Å². The van der Waals surface area contributed by atoms with E-state index in [0.717, 1.165) is 12.8 Å². The lowest BCUT2D eigenvalue weighted by molar-refractivity contribution is -0.120. The lowest BCUT2D eigenvalue weighted by Crippen LogP contribution is -2.36. The number of Topliss-reactive ketones (excluding diaryl/α,β-unsaturated/α-hetero) is 1. The number of aliphatic hydroxyl groups is 1. The van der Waals surface area contributed by atoms with Gasteiger partial charge in [-0.15, -0.1) is 6.58 Å². The van der Waals surface area contributed by atoms with Gasteiger partial charge < -0.3 is 26.6 Å². The first kappa shape index (κ1) is 32.3. The smallest absolute Gasteiger partial charge is 0.402 e. The fourth-order valence-corrected chi connectivity index (χ4v) is 4.08. The predicted octanol–water partition coefficient (Wildman–Crippen LogP) is 3.84. The number of fused-ring (bicyclic) bond motifs is 2. The summed E-state index contributed by atoms with van der Waals surface area (Å²) in [6.07, 6.45) is 12.0. The van der Waals surface area contributed by atoms with Gasteiger partial charge in [-0.3, -0.25) is 14.4 Å². The van der Waals surface area contributed by atoms with Crippen LogP contribution >= 0.6 is 0 Å². The van der Waals surface area contributed by atoms with Crippen molar-refractivity contribution in [3.63, 3.8) is 0 Å². The van der Waals surface area contributed by atoms with Gasteiger partial charge >= 0.3 is 6.09 Å². The van der Waals surface area contributed by atoms with Crippen molar-refractivity contribution >= 4 is 23.6 Å². The highest BCUT2D eigenvalue weighted by molar-refractivity contribution is 6.23. The zero-order valence-corrected chi connectivity index (χ0v) is 22.8. The molecule has 9 heteroatoms. The summed E-state index contributed by atoms with van der Waals surface area (Å²) in [5.74, 6) is -1.04. The zero-order chi connectivity index (χ0) is 28.8. The molecular weight excluding hydrogens is 486 g/mol. The molecular formula is C29H41N3O6. The van der Waals surface area contributed by atoms with Crippen LogP contribution in [0.2, 0.25) is 0 Å². The summed E-state index contributed by atoms with van der Waals surface area (Å²) in [5.41, 5.74) is 6.28. The van der Waals surface area contributed by atoms with E-state index in [1.807, 2.05) is 26.0 Å². The number of rotatable bonds is 3. The SMILES string of the molecule is C=CCNC1=C2CC(C)CCC(O)C(C)/C=C(\C)CC/C=C\C=C(/C)C(=O)NC(=CC1=O)C2=O.NC(=O)O. The van der Waals surface area contributed by atoms with Gasteiger partial charge in [0.1, 0.15) is 0 Å². The molecule has 0 saturated carbocycles. The molecule has 0 radical (unpaired) electrons. The molecule has 0 spiro atoms. The molecule has 6 N–H and O–H groups in total. The lowest BCUT2D eigenvalue weighted by atomic mass is 9.86. The molecule has 2 amide bonds. The number of hydrogen-bond donors (Lipinski definition) is 5. The van der Waals surface area contributed by atoms with Gasteiger partial charge in [0.05, 0.1) is 17.5 Å². The number of carbonyl (C=O) groups excluding carboxylic acids is 3. The monoisotopic (exact) mass is 527 g/mol. The van der Waals surface area contributed by atoms with Crippen LogP contribution in [0.25, 0.3) is 0 Å². The first-order valence-electron chi connectivity index (χ1n) is 12.7. The molecule has 2 bridgehead atoms. The minimum Gasteiger partial charge on any atom is -0.465 e. The van der Waals surface area contributed by atoms with Crippen molar-refractivity contribution < 1.29 is 29.4 Å². The Balaban J connectivity index is 0.00000168. The van der Waals surface area contributed by atoms with Gasteiger partial charge in [0.25, 0.3) is 5.91 Å². The average molecular weight is 528 g/mol. The van der Waals surface area contributed by atoms with Gasteiger partial charge in [0.15, 0.2) is 0 Å². The van der Waals surface area contributed by atoms with Crippen molar-refractivity contribution in [2.75, 3.05) is 6.54 Å². The van der Waals surface area contributed by atoms with Crippen LogP contribution in [0.4, 0.5) is 4.79 Å². The zero-order valence-electron chi connectivity index (χ0n) is 22.8. The first-order valence-corrected chi connectivity index (χ1v) is 12.7.